The number of nitrogens with two attached hydrogens (primary N) is 1. The molecule has 2 fully saturated rings. The number of benzene rings is 1. The molecule has 102 valence electrons. The van der Waals surface area contributed by atoms with Crippen molar-refractivity contribution in [2.24, 2.45) is 16.8 Å². The normalized spacial score (nSPS) is 19.5. The molecule has 0 bridgehead atoms. The summed E-state index contributed by atoms with van der Waals surface area (Å²) in [5.74, 6) is 0.342. The first-order valence-corrected chi connectivity index (χ1v) is 6.73. The van der Waals surface area contributed by atoms with E-state index in [2.05, 4.69) is 10.1 Å². The molecule has 1 aromatic carbocycles. The molecular formula is C14H18FN3O. The fourth-order valence-corrected chi connectivity index (χ4v) is 2.43. The van der Waals surface area contributed by atoms with Gasteiger partial charge in [-0.05, 0) is 49.8 Å². The van der Waals surface area contributed by atoms with Crippen molar-refractivity contribution in [1.82, 2.24) is 0 Å². The van der Waals surface area contributed by atoms with Crippen LogP contribution < -0.4 is 10.6 Å². The number of hydrogen-bond acceptors (Lipinski definition) is 3. The van der Waals surface area contributed by atoms with Crippen LogP contribution in [0.25, 0.3) is 0 Å². The molecule has 3 N–H and O–H groups in total. The summed E-state index contributed by atoms with van der Waals surface area (Å²) < 4.78 is 13.4. The molecule has 5 heteroatoms. The van der Waals surface area contributed by atoms with Gasteiger partial charge in [0.05, 0.1) is 0 Å². The Morgan fingerprint density at radius 1 is 1.37 bits per heavy atom. The average Bonchev–Trinajstić information content (AvgIpc) is 3.27. The van der Waals surface area contributed by atoms with Gasteiger partial charge < -0.3 is 15.8 Å². The highest BCUT2D eigenvalue weighted by atomic mass is 19.1. The number of rotatable bonds is 5. The van der Waals surface area contributed by atoms with Crippen molar-refractivity contribution in [2.75, 3.05) is 11.4 Å². The fourth-order valence-electron chi connectivity index (χ4n) is 2.43. The van der Waals surface area contributed by atoms with E-state index < -0.39 is 0 Å². The maximum Gasteiger partial charge on any atom is 0.172 e. The van der Waals surface area contributed by atoms with Crippen LogP contribution in [0.2, 0.25) is 0 Å². The Hall–Kier alpha value is -1.78. The molecule has 3 rings (SSSR count). The molecule has 2 aliphatic rings. The molecule has 0 unspecified atom stereocenters. The zero-order valence-electron chi connectivity index (χ0n) is 10.7. The molecule has 1 aromatic rings. The van der Waals surface area contributed by atoms with Crippen molar-refractivity contribution >= 4 is 11.5 Å². The summed E-state index contributed by atoms with van der Waals surface area (Å²) in [6, 6.07) is 5.04. The van der Waals surface area contributed by atoms with Crippen molar-refractivity contribution in [2.45, 2.75) is 31.7 Å². The predicted molar refractivity (Wildman–Crippen MR) is 72.0 cm³/mol. The van der Waals surface area contributed by atoms with Gasteiger partial charge in [0.25, 0.3) is 0 Å². The van der Waals surface area contributed by atoms with Crippen molar-refractivity contribution < 1.29 is 9.60 Å². The lowest BCUT2D eigenvalue weighted by molar-refractivity contribution is 0.318. The van der Waals surface area contributed by atoms with Crippen LogP contribution in [-0.4, -0.2) is 23.6 Å². The lowest BCUT2D eigenvalue weighted by Gasteiger charge is -2.27. The Morgan fingerprint density at radius 3 is 2.68 bits per heavy atom. The highest BCUT2D eigenvalue weighted by Crippen LogP contribution is 2.39. The first-order valence-electron chi connectivity index (χ1n) is 6.73. The van der Waals surface area contributed by atoms with Crippen LogP contribution in [0.5, 0.6) is 0 Å². The molecule has 2 saturated carbocycles. The van der Waals surface area contributed by atoms with Gasteiger partial charge in [0, 0.05) is 23.8 Å². The van der Waals surface area contributed by atoms with Crippen LogP contribution in [0.1, 0.15) is 31.2 Å². The molecule has 0 radical (unpaired) electrons. The second kappa shape index (κ2) is 4.72. The van der Waals surface area contributed by atoms with Crippen molar-refractivity contribution in [1.29, 1.82) is 0 Å². The van der Waals surface area contributed by atoms with E-state index in [-0.39, 0.29) is 11.7 Å². The van der Waals surface area contributed by atoms with E-state index in [9.17, 15) is 4.39 Å². The Kier molecular flexibility index (Phi) is 3.05. The zero-order valence-corrected chi connectivity index (χ0v) is 10.7. The third-order valence-electron chi connectivity index (χ3n) is 3.79. The predicted octanol–water partition coefficient (Wildman–Crippen LogP) is 2.30. The highest BCUT2D eigenvalue weighted by Gasteiger charge is 2.35. The first kappa shape index (κ1) is 12.3. The lowest BCUT2D eigenvalue weighted by atomic mass is 10.1. The molecule has 19 heavy (non-hydrogen) atoms. The zero-order chi connectivity index (χ0) is 13.4. The van der Waals surface area contributed by atoms with Crippen LogP contribution >= 0.6 is 0 Å². The Labute approximate surface area is 111 Å². The minimum atomic E-state index is -0.368. The Balaban J connectivity index is 1.96. The Morgan fingerprint density at radius 2 is 2.11 bits per heavy atom. The van der Waals surface area contributed by atoms with Crippen LogP contribution in [-0.2, 0) is 0 Å². The van der Waals surface area contributed by atoms with Crippen LogP contribution in [0.4, 0.5) is 10.1 Å². The summed E-state index contributed by atoms with van der Waals surface area (Å²) in [7, 11) is 0. The topological polar surface area (TPSA) is 61.9 Å². The first-order chi connectivity index (χ1) is 9.19. The second-order valence-corrected chi connectivity index (χ2v) is 5.47. The second-order valence-electron chi connectivity index (χ2n) is 5.47. The molecule has 0 spiro atoms. The summed E-state index contributed by atoms with van der Waals surface area (Å²) in [4.78, 5) is 2.30. The van der Waals surface area contributed by atoms with Crippen LogP contribution in [0, 0.1) is 11.7 Å². The van der Waals surface area contributed by atoms with E-state index in [0.717, 1.165) is 18.2 Å². The molecule has 0 atom stereocenters. The third-order valence-corrected chi connectivity index (χ3v) is 3.79. The maximum atomic E-state index is 13.4. The minimum Gasteiger partial charge on any atom is -0.409 e. The van der Waals surface area contributed by atoms with Crippen molar-refractivity contribution in [3.8, 4) is 0 Å². The number of hydrogen-bond donors (Lipinski definition) is 2. The van der Waals surface area contributed by atoms with Gasteiger partial charge in [0.1, 0.15) is 5.82 Å². The van der Waals surface area contributed by atoms with Gasteiger partial charge in [0.15, 0.2) is 5.84 Å². The SMILES string of the molecule is NC(=NO)c1cc(F)ccc1N(CC1CC1)C1CC1. The van der Waals surface area contributed by atoms with Crippen LogP contribution in [0.3, 0.4) is 0 Å². The summed E-state index contributed by atoms with van der Waals surface area (Å²) in [5, 5.41) is 11.9. The standard InChI is InChI=1S/C14H18FN3O/c15-10-3-6-13(12(7-10)14(16)17-19)18(11-4-5-11)8-9-1-2-9/h3,6-7,9,11,19H,1-2,4-5,8H2,(H2,16,17). The van der Waals surface area contributed by atoms with E-state index in [4.69, 9.17) is 10.9 Å². The molecule has 0 amide bonds. The van der Waals surface area contributed by atoms with Crippen molar-refractivity contribution in [3.63, 3.8) is 0 Å². The summed E-state index contributed by atoms with van der Waals surface area (Å²) in [5.41, 5.74) is 7.04. The number of anilines is 1. The van der Waals surface area contributed by atoms with Gasteiger partial charge in [0.2, 0.25) is 0 Å². The van der Waals surface area contributed by atoms with Crippen molar-refractivity contribution in [3.05, 3.63) is 29.6 Å². The molecular weight excluding hydrogens is 245 g/mol. The fraction of sp³-hybridized carbons (Fsp3) is 0.500. The van der Waals surface area contributed by atoms with E-state index in [0.29, 0.717) is 11.6 Å². The molecule has 0 aliphatic heterocycles. The molecule has 0 heterocycles. The van der Waals surface area contributed by atoms with Gasteiger partial charge in [-0.25, -0.2) is 4.39 Å². The summed E-state index contributed by atoms with van der Waals surface area (Å²) in [6.45, 7) is 0.988. The molecule has 4 nitrogen and oxygen atoms in total. The maximum absolute atomic E-state index is 13.4. The van der Waals surface area contributed by atoms with Gasteiger partial charge in [-0.15, -0.1) is 0 Å². The highest BCUT2D eigenvalue weighted by molar-refractivity contribution is 6.02. The largest absolute Gasteiger partial charge is 0.409 e. The molecule has 0 aromatic heterocycles. The average molecular weight is 263 g/mol. The number of halogens is 1. The van der Waals surface area contributed by atoms with Crippen LogP contribution in [0.15, 0.2) is 23.4 Å². The van der Waals surface area contributed by atoms with E-state index in [1.807, 2.05) is 0 Å². The lowest BCUT2D eigenvalue weighted by Crippen LogP contribution is -2.30. The van der Waals surface area contributed by atoms with Gasteiger partial charge in [-0.3, -0.25) is 0 Å². The van der Waals surface area contributed by atoms with Gasteiger partial charge in [-0.1, -0.05) is 5.16 Å². The van der Waals surface area contributed by atoms with Gasteiger partial charge >= 0.3 is 0 Å². The minimum absolute atomic E-state index is 0.0315. The quantitative estimate of drug-likeness (QED) is 0.371. The molecule has 2 aliphatic carbocycles. The van der Waals surface area contributed by atoms with E-state index in [1.54, 1.807) is 6.07 Å². The summed E-state index contributed by atoms with van der Waals surface area (Å²) in [6.07, 6.45) is 4.87. The Bertz CT molecular complexity index is 509. The smallest absolute Gasteiger partial charge is 0.172 e. The number of amidine groups is 1. The van der Waals surface area contributed by atoms with E-state index in [1.165, 1.54) is 37.8 Å². The summed E-state index contributed by atoms with van der Waals surface area (Å²) >= 11 is 0. The monoisotopic (exact) mass is 263 g/mol. The third kappa shape index (κ3) is 2.64. The number of oxime groups is 1. The van der Waals surface area contributed by atoms with Gasteiger partial charge in [-0.2, -0.15) is 0 Å². The van der Waals surface area contributed by atoms with E-state index >= 15 is 0 Å². The number of nitrogens with zero attached hydrogens (tertiary/aromatic N) is 2. The molecule has 0 saturated heterocycles.